The van der Waals surface area contributed by atoms with Gasteiger partial charge in [0.15, 0.2) is 0 Å². The van der Waals surface area contributed by atoms with Gasteiger partial charge in [-0.15, -0.1) is 0 Å². The Kier molecular flexibility index (Phi) is 30.9. The Balaban J connectivity index is 6.64. The van der Waals surface area contributed by atoms with Gasteiger partial charge in [-0.2, -0.15) is 0 Å². The van der Waals surface area contributed by atoms with Gasteiger partial charge in [-0.05, 0) is 94.0 Å². The number of amides is 8. The van der Waals surface area contributed by atoms with Crippen molar-refractivity contribution < 1.29 is 68.1 Å². The van der Waals surface area contributed by atoms with Gasteiger partial charge in [0.25, 0.3) is 0 Å². The van der Waals surface area contributed by atoms with E-state index in [0.717, 1.165) is 0 Å². The van der Waals surface area contributed by atoms with Crippen molar-refractivity contribution in [2.24, 2.45) is 46.8 Å². The van der Waals surface area contributed by atoms with Crippen LogP contribution in [0.3, 0.4) is 0 Å². The van der Waals surface area contributed by atoms with Crippen LogP contribution in [0.5, 0.6) is 0 Å². The maximum atomic E-state index is 14.1. The summed E-state index contributed by atoms with van der Waals surface area (Å²) in [6.45, 7) is 16.6. The molecule has 0 saturated heterocycles. The molecule has 72 heavy (non-hydrogen) atoms. The fourth-order valence-electron chi connectivity index (χ4n) is 7.09. The van der Waals surface area contributed by atoms with Crippen molar-refractivity contribution in [1.82, 2.24) is 42.5 Å². The SMILES string of the molecule is CC(C)[C@H](N)C(=O)N[C@@H](CCC(=O)O)C(=O)N[C@H](C(=O)N[C@@H](CCCCN)C(=O)N[C@H](C(=O)N[C@@H](CCC(=O)O)C(=O)N[C@H](C(=O)N[C@@H](CCCCN)C(=O)N[C@H](C(=O)O)C(C)C)C(C)C)C(C)C)C(C)C. The van der Waals surface area contributed by atoms with Crippen LogP contribution in [-0.2, 0) is 52.7 Å². The molecule has 0 radical (unpaired) electrons. The topological polar surface area (TPSA) is 423 Å². The summed E-state index contributed by atoms with van der Waals surface area (Å²) in [4.78, 5) is 145. The number of hydrogen-bond donors (Lipinski definition) is 14. The van der Waals surface area contributed by atoms with Gasteiger partial charge in [0, 0.05) is 12.8 Å². The Labute approximate surface area is 422 Å². The quantitative estimate of drug-likeness (QED) is 0.0319. The van der Waals surface area contributed by atoms with Crippen LogP contribution in [0.4, 0.5) is 0 Å². The highest BCUT2D eigenvalue weighted by atomic mass is 16.4. The molecule has 0 aromatic heterocycles. The predicted molar refractivity (Wildman–Crippen MR) is 265 cm³/mol. The van der Waals surface area contributed by atoms with E-state index in [1.165, 1.54) is 0 Å². The lowest BCUT2D eigenvalue weighted by Crippen LogP contribution is -2.62. The van der Waals surface area contributed by atoms with Crippen LogP contribution in [0.1, 0.15) is 133 Å². The summed E-state index contributed by atoms with van der Waals surface area (Å²) in [5.41, 5.74) is 17.3. The second-order valence-electron chi connectivity index (χ2n) is 19.7. The van der Waals surface area contributed by atoms with Crippen LogP contribution in [0.25, 0.3) is 0 Å². The summed E-state index contributed by atoms with van der Waals surface area (Å²) in [7, 11) is 0. The van der Waals surface area contributed by atoms with Crippen LogP contribution in [-0.4, -0.2) is 148 Å². The van der Waals surface area contributed by atoms with Gasteiger partial charge in [-0.25, -0.2) is 4.79 Å². The number of unbranched alkanes of at least 4 members (excludes halogenated alkanes) is 2. The van der Waals surface area contributed by atoms with Crippen LogP contribution >= 0.6 is 0 Å². The molecule has 0 heterocycles. The Hall–Kier alpha value is -5.95. The Morgan fingerprint density at radius 3 is 0.847 bits per heavy atom. The van der Waals surface area contributed by atoms with E-state index >= 15 is 0 Å². The zero-order valence-electron chi connectivity index (χ0n) is 43.6. The van der Waals surface area contributed by atoms with Gasteiger partial charge in [-0.3, -0.25) is 47.9 Å². The summed E-state index contributed by atoms with van der Waals surface area (Å²) in [5, 5.41) is 48.9. The average Bonchev–Trinajstić information content (AvgIpc) is 3.28. The fraction of sp³-hybridized carbons (Fsp3) is 0.766. The molecule has 0 bridgehead atoms. The zero-order valence-corrected chi connectivity index (χ0v) is 43.6. The van der Waals surface area contributed by atoms with E-state index in [4.69, 9.17) is 17.2 Å². The molecule has 17 N–H and O–H groups in total. The molecule has 0 aliphatic heterocycles. The minimum Gasteiger partial charge on any atom is -0.481 e. The molecule has 0 unspecified atom stereocenters. The molecule has 0 aromatic rings. The van der Waals surface area contributed by atoms with Crippen LogP contribution in [0, 0.1) is 29.6 Å². The van der Waals surface area contributed by atoms with Crippen LogP contribution in [0.2, 0.25) is 0 Å². The molecule has 9 atom stereocenters. The fourth-order valence-corrected chi connectivity index (χ4v) is 7.09. The lowest BCUT2D eigenvalue weighted by molar-refractivity contribution is -0.143. The molecule has 0 aliphatic carbocycles. The lowest BCUT2D eigenvalue weighted by atomic mass is 9.98. The summed E-state index contributed by atoms with van der Waals surface area (Å²) in [6.07, 6.45) is -0.175. The maximum Gasteiger partial charge on any atom is 0.326 e. The first-order valence-corrected chi connectivity index (χ1v) is 24.8. The zero-order chi connectivity index (χ0) is 55.6. The van der Waals surface area contributed by atoms with Crippen molar-refractivity contribution in [3.63, 3.8) is 0 Å². The first-order valence-electron chi connectivity index (χ1n) is 24.8. The molecule has 0 fully saturated rings. The monoisotopic (exact) mass is 1030 g/mol. The van der Waals surface area contributed by atoms with Crippen molar-refractivity contribution in [2.45, 2.75) is 188 Å². The highest BCUT2D eigenvalue weighted by Gasteiger charge is 2.37. The summed E-state index contributed by atoms with van der Waals surface area (Å²) >= 11 is 0. The van der Waals surface area contributed by atoms with Gasteiger partial charge < -0.3 is 75.1 Å². The largest absolute Gasteiger partial charge is 0.481 e. The number of hydrogen-bond acceptors (Lipinski definition) is 14. The van der Waals surface area contributed by atoms with Gasteiger partial charge in [0.2, 0.25) is 47.3 Å². The average molecular weight is 1030 g/mol. The van der Waals surface area contributed by atoms with Crippen molar-refractivity contribution >= 4 is 65.2 Å². The molecule has 0 rings (SSSR count). The third-order valence-electron chi connectivity index (χ3n) is 11.7. The molecule has 25 nitrogen and oxygen atoms in total. The van der Waals surface area contributed by atoms with Gasteiger partial charge >= 0.3 is 17.9 Å². The van der Waals surface area contributed by atoms with Gasteiger partial charge in [-0.1, -0.05) is 69.2 Å². The molecule has 8 amide bonds. The lowest BCUT2D eigenvalue weighted by Gasteiger charge is -2.30. The smallest absolute Gasteiger partial charge is 0.326 e. The molecule has 0 saturated carbocycles. The number of nitrogens with two attached hydrogens (primary N) is 3. The van der Waals surface area contributed by atoms with Crippen molar-refractivity contribution in [3.8, 4) is 0 Å². The number of carboxylic acid groups (broad SMARTS) is 3. The molecular formula is C47H85N11O14. The number of carboxylic acids is 3. The molecule has 412 valence electrons. The van der Waals surface area contributed by atoms with Crippen LogP contribution < -0.4 is 59.7 Å². The van der Waals surface area contributed by atoms with Crippen molar-refractivity contribution in [2.75, 3.05) is 13.1 Å². The third kappa shape index (κ3) is 24.4. The number of carbonyl (C=O) groups is 11. The molecule has 0 spiro atoms. The second kappa shape index (κ2) is 33.7. The predicted octanol–water partition coefficient (Wildman–Crippen LogP) is -1.46. The number of carbonyl (C=O) groups excluding carboxylic acids is 8. The van der Waals surface area contributed by atoms with Crippen molar-refractivity contribution in [3.05, 3.63) is 0 Å². The number of nitrogens with one attached hydrogen (secondary N) is 8. The Morgan fingerprint density at radius 1 is 0.347 bits per heavy atom. The normalized spacial score (nSPS) is 15.2. The Bertz CT molecular complexity index is 1830. The van der Waals surface area contributed by atoms with E-state index in [0.29, 0.717) is 25.7 Å². The van der Waals surface area contributed by atoms with E-state index < -0.39 is 162 Å². The summed E-state index contributed by atoms with van der Waals surface area (Å²) in [5.74, 6) is -13.3. The minimum atomic E-state index is -1.58. The molecule has 0 aromatic carbocycles. The standard InChI is InChI=1S/C47H85N11O14/c1-23(2)34(50)43(67)51-30(17-19-32(59)60)41(65)56-35(24(3)4)44(68)52-28(15-11-13-21-48)39(63)55-37(26(7)8)46(70)54-31(18-20-33(61)62)42(66)57-36(25(5)6)45(69)53-29(16-12-14-22-49)40(64)58-38(27(9)10)47(71)72/h23-31,34-38H,11-22,48-50H2,1-10H3,(H,51,67)(H,52,68)(H,53,69)(H,54,70)(H,55,63)(H,56,65)(H,57,66)(H,58,64)(H,59,60)(H,61,62)(H,71,72)/t28-,29-,30-,31-,34-,35-,36-,37-,38-/m0/s1. The van der Waals surface area contributed by atoms with Crippen LogP contribution in [0.15, 0.2) is 0 Å². The highest BCUT2D eigenvalue weighted by Crippen LogP contribution is 2.13. The van der Waals surface area contributed by atoms with Gasteiger partial charge in [0.05, 0.1) is 6.04 Å². The van der Waals surface area contributed by atoms with E-state index in [1.54, 1.807) is 69.2 Å². The number of aliphatic carboxylic acids is 3. The number of rotatable bonds is 36. The first kappa shape index (κ1) is 66.0. The minimum absolute atomic E-state index is 0.0139. The van der Waals surface area contributed by atoms with Crippen molar-refractivity contribution in [1.29, 1.82) is 0 Å². The summed E-state index contributed by atoms with van der Waals surface area (Å²) in [6, 6.07) is -11.8. The third-order valence-corrected chi connectivity index (χ3v) is 11.7. The Morgan fingerprint density at radius 2 is 0.611 bits per heavy atom. The molecule has 0 aliphatic rings. The first-order chi connectivity index (χ1) is 33.5. The highest BCUT2D eigenvalue weighted by molar-refractivity contribution is 5.98. The van der Waals surface area contributed by atoms with E-state index in [2.05, 4.69) is 42.5 Å². The maximum absolute atomic E-state index is 14.1. The van der Waals surface area contributed by atoms with E-state index in [9.17, 15) is 68.1 Å². The molecular weight excluding hydrogens is 943 g/mol. The summed E-state index contributed by atoms with van der Waals surface area (Å²) < 4.78 is 0. The van der Waals surface area contributed by atoms with E-state index in [-0.39, 0.29) is 38.3 Å². The molecule has 25 heteroatoms. The van der Waals surface area contributed by atoms with Gasteiger partial charge in [0.1, 0.15) is 48.3 Å². The van der Waals surface area contributed by atoms with E-state index in [1.807, 2.05) is 0 Å². The second-order valence-corrected chi connectivity index (χ2v) is 19.7.